The Balaban J connectivity index is 4.11. The lowest BCUT2D eigenvalue weighted by Crippen LogP contribution is -2.30. The van der Waals surface area contributed by atoms with Gasteiger partial charge in [-0.1, -0.05) is 286 Å². The summed E-state index contributed by atoms with van der Waals surface area (Å²) in [5.41, 5.74) is 0. The van der Waals surface area contributed by atoms with E-state index in [-0.39, 0.29) is 31.1 Å². The second kappa shape index (κ2) is 62.1. The van der Waals surface area contributed by atoms with E-state index < -0.39 is 6.10 Å². The van der Waals surface area contributed by atoms with E-state index >= 15 is 0 Å². The largest absolute Gasteiger partial charge is 0.462 e. The van der Waals surface area contributed by atoms with Gasteiger partial charge in [0.1, 0.15) is 13.2 Å². The van der Waals surface area contributed by atoms with Crippen molar-refractivity contribution in [2.24, 2.45) is 0 Å². The Morgan fingerprint density at radius 2 is 0.527 bits per heavy atom. The molecule has 0 aliphatic rings. The number of ether oxygens (including phenoxy) is 3. The van der Waals surface area contributed by atoms with Crippen molar-refractivity contribution in [2.45, 2.75) is 316 Å². The van der Waals surface area contributed by atoms with Crippen molar-refractivity contribution in [3.63, 3.8) is 0 Å². The molecular formula is C68H118O6. The number of hydrogen-bond donors (Lipinski definition) is 0. The zero-order chi connectivity index (χ0) is 53.6. The molecule has 0 amide bonds. The Hall–Kier alpha value is -3.41. The Kier molecular flexibility index (Phi) is 59.3. The molecule has 6 heteroatoms. The molecule has 0 aliphatic heterocycles. The van der Waals surface area contributed by atoms with E-state index in [0.29, 0.717) is 19.3 Å². The van der Waals surface area contributed by atoms with Gasteiger partial charge in [0, 0.05) is 19.3 Å². The average Bonchev–Trinajstić information content (AvgIpc) is 3.40. The van der Waals surface area contributed by atoms with E-state index in [4.69, 9.17) is 14.2 Å². The number of rotatable bonds is 57. The molecule has 1 unspecified atom stereocenters. The van der Waals surface area contributed by atoms with Crippen LogP contribution in [0.25, 0.3) is 0 Å². The number of unbranched alkanes of at least 4 members (excludes halogenated alkanes) is 32. The van der Waals surface area contributed by atoms with Crippen molar-refractivity contribution in [1.82, 2.24) is 0 Å². The maximum atomic E-state index is 12.8. The molecule has 426 valence electrons. The van der Waals surface area contributed by atoms with E-state index in [0.717, 1.165) is 122 Å². The molecule has 0 spiro atoms. The zero-order valence-electron chi connectivity index (χ0n) is 48.8. The predicted molar refractivity (Wildman–Crippen MR) is 321 cm³/mol. The van der Waals surface area contributed by atoms with Gasteiger partial charge in [-0.25, -0.2) is 0 Å². The lowest BCUT2D eigenvalue weighted by Gasteiger charge is -2.18. The van der Waals surface area contributed by atoms with Gasteiger partial charge in [-0.2, -0.15) is 0 Å². The monoisotopic (exact) mass is 1030 g/mol. The Morgan fingerprint density at radius 3 is 0.824 bits per heavy atom. The van der Waals surface area contributed by atoms with Crippen LogP contribution in [0.3, 0.4) is 0 Å². The molecule has 6 nitrogen and oxygen atoms in total. The van der Waals surface area contributed by atoms with Gasteiger partial charge >= 0.3 is 17.9 Å². The molecule has 0 saturated heterocycles. The Labute approximate surface area is 458 Å². The fraction of sp³-hybridized carbons (Fsp3) is 0.750. The SMILES string of the molecule is CC/C=C\C/C=C\C/C=C\C/C=C\CCCCCCCCCCCCCCCCCCCCC(=O)OCC(COC(=O)CCCCCCCCCCCC)OC(=O)CCCCCCC/C=C\C/C=C\C/C=C\CC. The summed E-state index contributed by atoms with van der Waals surface area (Å²) in [4.78, 5) is 38.1. The van der Waals surface area contributed by atoms with Gasteiger partial charge in [0.15, 0.2) is 6.10 Å². The van der Waals surface area contributed by atoms with Gasteiger partial charge < -0.3 is 14.2 Å². The Morgan fingerprint density at radius 1 is 0.284 bits per heavy atom. The van der Waals surface area contributed by atoms with Crippen LogP contribution in [0.5, 0.6) is 0 Å². The van der Waals surface area contributed by atoms with Gasteiger partial charge in [-0.05, 0) is 89.9 Å². The number of esters is 3. The first-order valence-corrected chi connectivity index (χ1v) is 31.6. The first-order chi connectivity index (χ1) is 36.5. The molecule has 74 heavy (non-hydrogen) atoms. The van der Waals surface area contributed by atoms with Gasteiger partial charge in [-0.15, -0.1) is 0 Å². The molecule has 0 aromatic carbocycles. The molecule has 0 aromatic heterocycles. The summed E-state index contributed by atoms with van der Waals surface area (Å²) in [6, 6.07) is 0. The van der Waals surface area contributed by atoms with Crippen molar-refractivity contribution in [3.05, 3.63) is 85.1 Å². The normalized spacial score (nSPS) is 12.6. The number of carbonyl (C=O) groups excluding carboxylic acids is 3. The summed E-state index contributed by atoms with van der Waals surface area (Å²) in [6.07, 6.45) is 81.8. The highest BCUT2D eigenvalue weighted by molar-refractivity contribution is 5.71. The lowest BCUT2D eigenvalue weighted by molar-refractivity contribution is -0.167. The molecule has 0 saturated carbocycles. The quantitative estimate of drug-likeness (QED) is 0.0261. The predicted octanol–water partition coefficient (Wildman–Crippen LogP) is 21.5. The number of allylic oxidation sites excluding steroid dienone is 14. The highest BCUT2D eigenvalue weighted by Gasteiger charge is 2.19. The topological polar surface area (TPSA) is 78.9 Å². The van der Waals surface area contributed by atoms with Crippen molar-refractivity contribution in [1.29, 1.82) is 0 Å². The minimum Gasteiger partial charge on any atom is -0.462 e. The van der Waals surface area contributed by atoms with Gasteiger partial charge in [0.2, 0.25) is 0 Å². The van der Waals surface area contributed by atoms with Crippen LogP contribution in [0, 0.1) is 0 Å². The fourth-order valence-electron chi connectivity index (χ4n) is 8.98. The minimum absolute atomic E-state index is 0.0792. The molecular weight excluding hydrogens is 913 g/mol. The summed E-state index contributed by atoms with van der Waals surface area (Å²) >= 11 is 0. The third-order valence-corrected chi connectivity index (χ3v) is 13.6. The van der Waals surface area contributed by atoms with Crippen LogP contribution < -0.4 is 0 Å². The van der Waals surface area contributed by atoms with E-state index in [2.05, 4.69) is 106 Å². The lowest BCUT2D eigenvalue weighted by atomic mass is 10.0. The highest BCUT2D eigenvalue weighted by Crippen LogP contribution is 2.17. The van der Waals surface area contributed by atoms with Crippen LogP contribution in [0.1, 0.15) is 310 Å². The zero-order valence-corrected chi connectivity index (χ0v) is 48.8. The molecule has 0 fully saturated rings. The van der Waals surface area contributed by atoms with Crippen LogP contribution in [-0.2, 0) is 28.6 Å². The average molecular weight is 1030 g/mol. The van der Waals surface area contributed by atoms with Crippen molar-refractivity contribution >= 4 is 17.9 Å². The molecule has 0 bridgehead atoms. The van der Waals surface area contributed by atoms with Crippen LogP contribution in [0.2, 0.25) is 0 Å². The Bertz CT molecular complexity index is 1420. The smallest absolute Gasteiger partial charge is 0.306 e. The maximum Gasteiger partial charge on any atom is 0.306 e. The third-order valence-electron chi connectivity index (χ3n) is 13.6. The van der Waals surface area contributed by atoms with E-state index in [1.165, 1.54) is 148 Å². The number of carbonyl (C=O) groups is 3. The third kappa shape index (κ3) is 59.5. The van der Waals surface area contributed by atoms with E-state index in [1.807, 2.05) is 0 Å². The summed E-state index contributed by atoms with van der Waals surface area (Å²) in [7, 11) is 0. The molecule has 1 atom stereocenters. The maximum absolute atomic E-state index is 12.8. The van der Waals surface area contributed by atoms with Crippen molar-refractivity contribution < 1.29 is 28.6 Å². The highest BCUT2D eigenvalue weighted by atomic mass is 16.6. The summed E-state index contributed by atoms with van der Waals surface area (Å²) < 4.78 is 16.9. The van der Waals surface area contributed by atoms with Crippen LogP contribution in [-0.4, -0.2) is 37.2 Å². The van der Waals surface area contributed by atoms with Crippen molar-refractivity contribution in [2.75, 3.05) is 13.2 Å². The molecule has 0 N–H and O–H groups in total. The van der Waals surface area contributed by atoms with Gasteiger partial charge in [0.05, 0.1) is 0 Å². The molecule has 0 heterocycles. The fourth-order valence-corrected chi connectivity index (χ4v) is 8.98. The first-order valence-electron chi connectivity index (χ1n) is 31.6. The van der Waals surface area contributed by atoms with Gasteiger partial charge in [0.25, 0.3) is 0 Å². The molecule has 0 rings (SSSR count). The van der Waals surface area contributed by atoms with E-state index in [9.17, 15) is 14.4 Å². The first kappa shape index (κ1) is 70.6. The van der Waals surface area contributed by atoms with E-state index in [1.54, 1.807) is 0 Å². The van der Waals surface area contributed by atoms with Crippen LogP contribution in [0.4, 0.5) is 0 Å². The second-order valence-corrected chi connectivity index (χ2v) is 20.9. The minimum atomic E-state index is -0.782. The second-order valence-electron chi connectivity index (χ2n) is 20.9. The number of hydrogen-bond acceptors (Lipinski definition) is 6. The van der Waals surface area contributed by atoms with Gasteiger partial charge in [-0.3, -0.25) is 14.4 Å². The standard InChI is InChI=1S/C68H118O6/c1-4-7-10-13-16-19-22-24-26-27-28-29-30-31-32-33-34-35-36-37-38-39-40-41-43-44-46-49-52-55-58-61-67(70)73-64-65(63-72-66(69)60-57-54-51-48-21-18-15-12-9-6-3)74-68(71)62-59-56-53-50-47-45-42-25-23-20-17-14-11-8-5-2/h7-8,10-11,16-17,19-20,24-26,28-29,42,65H,4-6,9,12-15,18,21-23,27,30-41,43-64H2,1-3H3/b10-7-,11-8-,19-16-,20-17-,26-24-,29-28-,42-25-. The summed E-state index contributed by atoms with van der Waals surface area (Å²) in [6.45, 7) is 6.41. The van der Waals surface area contributed by atoms with Crippen LogP contribution >= 0.6 is 0 Å². The van der Waals surface area contributed by atoms with Crippen molar-refractivity contribution in [3.8, 4) is 0 Å². The summed E-state index contributed by atoms with van der Waals surface area (Å²) in [5, 5.41) is 0. The van der Waals surface area contributed by atoms with Crippen LogP contribution in [0.15, 0.2) is 85.1 Å². The molecule has 0 aromatic rings. The summed E-state index contributed by atoms with van der Waals surface area (Å²) in [5.74, 6) is -0.886. The molecule has 0 aliphatic carbocycles. The molecule has 0 radical (unpaired) electrons.